The molecule has 1 aliphatic heterocycles. The highest BCUT2D eigenvalue weighted by Crippen LogP contribution is 2.38. The van der Waals surface area contributed by atoms with Crippen LogP contribution >= 0.6 is 0 Å². The third-order valence-electron chi connectivity index (χ3n) is 4.01. The van der Waals surface area contributed by atoms with Crippen LogP contribution in [-0.2, 0) is 0 Å². The van der Waals surface area contributed by atoms with E-state index in [2.05, 4.69) is 15.3 Å². The number of hydrogen-bond acceptors (Lipinski definition) is 8. The van der Waals surface area contributed by atoms with E-state index in [-0.39, 0.29) is 17.4 Å². The molecular weight excluding hydrogens is 364 g/mol. The summed E-state index contributed by atoms with van der Waals surface area (Å²) in [6, 6.07) is 12.3. The van der Waals surface area contributed by atoms with E-state index in [4.69, 9.17) is 14.2 Å². The molecule has 0 amide bonds. The van der Waals surface area contributed by atoms with E-state index in [1.165, 1.54) is 6.33 Å². The molecule has 2 heterocycles. The maximum Gasteiger partial charge on any atom is 0.373 e. The molecule has 3 aromatic rings. The molecule has 1 aliphatic rings. The topological polar surface area (TPSA) is 109 Å². The lowest BCUT2D eigenvalue weighted by Gasteiger charge is -2.19. The fourth-order valence-corrected chi connectivity index (χ4v) is 2.67. The highest BCUT2D eigenvalue weighted by Gasteiger charge is 2.25. The Hall–Kier alpha value is -3.88. The Morgan fingerprint density at radius 2 is 1.82 bits per heavy atom. The monoisotopic (exact) mass is 380 g/mol. The minimum Gasteiger partial charge on any atom is -0.486 e. The van der Waals surface area contributed by atoms with Crippen molar-refractivity contribution in [1.82, 2.24) is 9.97 Å². The van der Waals surface area contributed by atoms with Crippen molar-refractivity contribution in [2.75, 3.05) is 18.5 Å². The molecule has 28 heavy (non-hydrogen) atoms. The van der Waals surface area contributed by atoms with Crippen molar-refractivity contribution < 1.29 is 19.1 Å². The van der Waals surface area contributed by atoms with E-state index >= 15 is 0 Å². The number of anilines is 2. The first-order chi connectivity index (χ1) is 13.6. The molecule has 0 radical (unpaired) electrons. The van der Waals surface area contributed by atoms with Gasteiger partial charge in [0, 0.05) is 11.8 Å². The number of aromatic nitrogens is 2. The molecule has 142 valence electrons. The molecule has 0 aliphatic carbocycles. The summed E-state index contributed by atoms with van der Waals surface area (Å²) in [6.45, 7) is 2.86. The average molecular weight is 380 g/mol. The van der Waals surface area contributed by atoms with Crippen LogP contribution in [0.25, 0.3) is 0 Å². The Kier molecular flexibility index (Phi) is 4.63. The summed E-state index contributed by atoms with van der Waals surface area (Å²) in [6.07, 6.45) is 1.21. The molecule has 0 fully saturated rings. The van der Waals surface area contributed by atoms with E-state index in [1.54, 1.807) is 30.3 Å². The second-order valence-corrected chi connectivity index (χ2v) is 6.03. The molecule has 0 bridgehead atoms. The summed E-state index contributed by atoms with van der Waals surface area (Å²) in [4.78, 5) is 19.0. The molecule has 0 unspecified atom stereocenters. The van der Waals surface area contributed by atoms with Gasteiger partial charge in [-0.15, -0.1) is 0 Å². The number of benzene rings is 2. The largest absolute Gasteiger partial charge is 0.486 e. The van der Waals surface area contributed by atoms with Crippen LogP contribution < -0.4 is 19.5 Å². The van der Waals surface area contributed by atoms with Gasteiger partial charge in [0.25, 0.3) is 0 Å². The highest BCUT2D eigenvalue weighted by atomic mass is 16.6. The van der Waals surface area contributed by atoms with Crippen molar-refractivity contribution >= 4 is 17.2 Å². The van der Waals surface area contributed by atoms with Crippen LogP contribution in [0.5, 0.6) is 23.1 Å². The number of nitro groups is 1. The van der Waals surface area contributed by atoms with Crippen molar-refractivity contribution in [3.8, 4) is 23.1 Å². The van der Waals surface area contributed by atoms with E-state index < -0.39 is 4.92 Å². The molecule has 9 heteroatoms. The number of hydrogen-bond donors (Lipinski definition) is 1. The van der Waals surface area contributed by atoms with E-state index in [0.29, 0.717) is 36.1 Å². The fourth-order valence-electron chi connectivity index (χ4n) is 2.67. The lowest BCUT2D eigenvalue weighted by molar-refractivity contribution is -0.385. The van der Waals surface area contributed by atoms with Crippen molar-refractivity contribution in [3.63, 3.8) is 0 Å². The number of nitrogens with zero attached hydrogens (tertiary/aromatic N) is 3. The van der Waals surface area contributed by atoms with Gasteiger partial charge in [0.2, 0.25) is 5.82 Å². The van der Waals surface area contributed by atoms with Gasteiger partial charge >= 0.3 is 11.6 Å². The van der Waals surface area contributed by atoms with Crippen molar-refractivity contribution in [3.05, 3.63) is 64.5 Å². The normalized spacial score (nSPS) is 12.3. The first kappa shape index (κ1) is 17.5. The summed E-state index contributed by atoms with van der Waals surface area (Å²) in [5.74, 6) is 1.49. The second-order valence-electron chi connectivity index (χ2n) is 6.03. The van der Waals surface area contributed by atoms with Crippen LogP contribution in [-0.4, -0.2) is 28.1 Å². The highest BCUT2D eigenvalue weighted by molar-refractivity contribution is 5.70. The van der Waals surface area contributed by atoms with Gasteiger partial charge in [0.1, 0.15) is 25.3 Å². The smallest absolute Gasteiger partial charge is 0.373 e. The lowest BCUT2D eigenvalue weighted by Crippen LogP contribution is -2.15. The molecule has 0 saturated heterocycles. The first-order valence-electron chi connectivity index (χ1n) is 8.51. The molecule has 0 spiro atoms. The lowest BCUT2D eigenvalue weighted by atomic mass is 10.2. The van der Waals surface area contributed by atoms with Gasteiger partial charge < -0.3 is 19.5 Å². The molecule has 9 nitrogen and oxygen atoms in total. The Morgan fingerprint density at radius 3 is 2.57 bits per heavy atom. The van der Waals surface area contributed by atoms with Gasteiger partial charge in [-0.05, 0) is 31.2 Å². The van der Waals surface area contributed by atoms with Crippen LogP contribution in [0.3, 0.4) is 0 Å². The standard InChI is InChI=1S/C19H16N4O5/c1-12-2-5-14(6-3-12)28-19-17(23(24)25)18(20-11-21-19)22-13-4-7-15-16(10-13)27-9-8-26-15/h2-7,10-11H,8-9H2,1H3,(H,20,21,22). The van der Waals surface area contributed by atoms with Crippen molar-refractivity contribution in [1.29, 1.82) is 0 Å². The number of rotatable bonds is 5. The number of aryl methyl sites for hydroxylation is 1. The van der Waals surface area contributed by atoms with E-state index in [1.807, 2.05) is 19.1 Å². The average Bonchev–Trinajstić information content (AvgIpc) is 2.69. The van der Waals surface area contributed by atoms with Gasteiger partial charge in [0.05, 0.1) is 4.92 Å². The maximum absolute atomic E-state index is 11.7. The quantitative estimate of drug-likeness (QED) is 0.522. The van der Waals surface area contributed by atoms with Crippen molar-refractivity contribution in [2.45, 2.75) is 6.92 Å². The van der Waals surface area contributed by atoms with Crippen LogP contribution in [0.4, 0.5) is 17.2 Å². The van der Waals surface area contributed by atoms with Gasteiger partial charge in [-0.2, -0.15) is 4.98 Å². The number of fused-ring (bicyclic) bond motifs is 1. The zero-order valence-corrected chi connectivity index (χ0v) is 14.9. The summed E-state index contributed by atoms with van der Waals surface area (Å²) in [5, 5.41) is 14.6. The third-order valence-corrected chi connectivity index (χ3v) is 4.01. The van der Waals surface area contributed by atoms with E-state index in [9.17, 15) is 10.1 Å². The van der Waals surface area contributed by atoms with Gasteiger partial charge in [-0.25, -0.2) is 4.98 Å². The summed E-state index contributed by atoms with van der Waals surface area (Å²) in [7, 11) is 0. The SMILES string of the molecule is Cc1ccc(Oc2ncnc(Nc3ccc4c(c3)OCCO4)c2[N+](=O)[O-])cc1. The molecule has 4 rings (SSSR count). The molecule has 1 N–H and O–H groups in total. The van der Waals surface area contributed by atoms with Crippen molar-refractivity contribution in [2.24, 2.45) is 0 Å². The summed E-state index contributed by atoms with van der Waals surface area (Å²) in [5.41, 5.74) is 1.25. The van der Waals surface area contributed by atoms with Crippen LogP contribution in [0.2, 0.25) is 0 Å². The zero-order chi connectivity index (χ0) is 19.5. The Balaban J connectivity index is 1.65. The minimum absolute atomic E-state index is 0.0128. The predicted octanol–water partition coefficient (Wildman–Crippen LogP) is 4.00. The fraction of sp³-hybridized carbons (Fsp3) is 0.158. The predicted molar refractivity (Wildman–Crippen MR) is 101 cm³/mol. The number of ether oxygens (including phenoxy) is 3. The minimum atomic E-state index is -0.579. The first-order valence-corrected chi connectivity index (χ1v) is 8.51. The van der Waals surface area contributed by atoms with Crippen LogP contribution in [0, 0.1) is 17.0 Å². The van der Waals surface area contributed by atoms with Gasteiger partial charge in [-0.3, -0.25) is 10.1 Å². The zero-order valence-electron chi connectivity index (χ0n) is 14.9. The maximum atomic E-state index is 11.7. The molecule has 2 aromatic carbocycles. The molecular formula is C19H16N4O5. The third kappa shape index (κ3) is 3.63. The summed E-state index contributed by atoms with van der Waals surface area (Å²) >= 11 is 0. The van der Waals surface area contributed by atoms with E-state index in [0.717, 1.165) is 5.56 Å². The Bertz CT molecular complexity index is 1020. The molecule has 0 saturated carbocycles. The van der Waals surface area contributed by atoms with Gasteiger partial charge in [0.15, 0.2) is 11.5 Å². The van der Waals surface area contributed by atoms with Crippen LogP contribution in [0.15, 0.2) is 48.8 Å². The Labute approximate surface area is 160 Å². The molecule has 0 atom stereocenters. The number of nitrogens with one attached hydrogen (secondary N) is 1. The second kappa shape index (κ2) is 7.39. The molecule has 1 aromatic heterocycles. The van der Waals surface area contributed by atoms with Gasteiger partial charge in [-0.1, -0.05) is 17.7 Å². The summed E-state index contributed by atoms with van der Waals surface area (Å²) < 4.78 is 16.6. The Morgan fingerprint density at radius 1 is 1.07 bits per heavy atom. The van der Waals surface area contributed by atoms with Crippen LogP contribution in [0.1, 0.15) is 5.56 Å².